The van der Waals surface area contributed by atoms with Crippen LogP contribution in [0.3, 0.4) is 0 Å². The lowest BCUT2D eigenvalue weighted by Crippen LogP contribution is -2.08. The monoisotopic (exact) mass is 273 g/mol. The first-order valence-corrected chi connectivity index (χ1v) is 5.44. The van der Waals surface area contributed by atoms with Crippen molar-refractivity contribution in [2.45, 2.75) is 13.1 Å². The molecule has 0 saturated heterocycles. The van der Waals surface area contributed by atoms with E-state index < -0.39 is 17.6 Å². The van der Waals surface area contributed by atoms with Crippen LogP contribution in [-0.2, 0) is 6.18 Å². The zero-order chi connectivity index (χ0) is 14.2. The maximum absolute atomic E-state index is 13.7. The summed E-state index contributed by atoms with van der Waals surface area (Å²) in [4.78, 5) is 4.04. The van der Waals surface area contributed by atoms with Gasteiger partial charge in [-0.3, -0.25) is 4.57 Å². The molecule has 102 valence electrons. The van der Waals surface area contributed by atoms with Crippen LogP contribution in [0.15, 0.2) is 24.4 Å². The van der Waals surface area contributed by atoms with Gasteiger partial charge in [-0.1, -0.05) is 0 Å². The van der Waals surface area contributed by atoms with Crippen LogP contribution in [0.25, 0.3) is 5.69 Å². The van der Waals surface area contributed by atoms with Gasteiger partial charge in [-0.15, -0.1) is 0 Å². The summed E-state index contributed by atoms with van der Waals surface area (Å²) in [5, 5.41) is 2.70. The largest absolute Gasteiger partial charge is 0.416 e. The number of halogens is 4. The number of benzene rings is 1. The Labute approximate surface area is 106 Å². The van der Waals surface area contributed by atoms with E-state index in [0.717, 1.165) is 12.1 Å². The summed E-state index contributed by atoms with van der Waals surface area (Å²) in [5.41, 5.74) is -0.529. The van der Waals surface area contributed by atoms with E-state index in [-0.39, 0.29) is 11.6 Å². The number of hydrogen-bond acceptors (Lipinski definition) is 2. The Hall–Kier alpha value is -2.05. The summed E-state index contributed by atoms with van der Waals surface area (Å²) < 4.78 is 52.9. The molecule has 7 heteroatoms. The Morgan fingerprint density at radius 1 is 1.26 bits per heavy atom. The van der Waals surface area contributed by atoms with Crippen molar-refractivity contribution in [1.29, 1.82) is 0 Å². The highest BCUT2D eigenvalue weighted by atomic mass is 19.4. The fourth-order valence-corrected chi connectivity index (χ4v) is 1.73. The lowest BCUT2D eigenvalue weighted by molar-refractivity contribution is -0.137. The van der Waals surface area contributed by atoms with Crippen LogP contribution >= 0.6 is 0 Å². The Morgan fingerprint density at radius 3 is 2.53 bits per heavy atom. The van der Waals surface area contributed by atoms with Crippen molar-refractivity contribution < 1.29 is 17.6 Å². The van der Waals surface area contributed by atoms with E-state index in [2.05, 4.69) is 10.3 Å². The van der Waals surface area contributed by atoms with Crippen molar-refractivity contribution in [2.24, 2.45) is 0 Å². The Bertz CT molecular complexity index is 602. The van der Waals surface area contributed by atoms with Gasteiger partial charge in [-0.25, -0.2) is 9.37 Å². The summed E-state index contributed by atoms with van der Waals surface area (Å²) in [6.45, 7) is 1.67. The van der Waals surface area contributed by atoms with Crippen molar-refractivity contribution in [3.63, 3.8) is 0 Å². The molecule has 0 aliphatic rings. The molecule has 0 unspecified atom stereocenters. The number of rotatable bonds is 2. The van der Waals surface area contributed by atoms with Gasteiger partial charge in [0.25, 0.3) is 0 Å². The van der Waals surface area contributed by atoms with Crippen LogP contribution in [-0.4, -0.2) is 16.6 Å². The average molecular weight is 273 g/mol. The Kier molecular flexibility index (Phi) is 3.21. The first kappa shape index (κ1) is 13.4. The summed E-state index contributed by atoms with van der Waals surface area (Å²) in [5.74, 6) is -0.474. The van der Waals surface area contributed by atoms with Gasteiger partial charge in [0.15, 0.2) is 0 Å². The molecule has 19 heavy (non-hydrogen) atoms. The Balaban J connectivity index is 2.61. The molecule has 0 bridgehead atoms. The average Bonchev–Trinajstić information content (AvgIpc) is 2.69. The summed E-state index contributed by atoms with van der Waals surface area (Å²) in [7, 11) is 1.56. The molecule has 3 nitrogen and oxygen atoms in total. The molecular weight excluding hydrogens is 262 g/mol. The van der Waals surface area contributed by atoms with E-state index in [9.17, 15) is 17.6 Å². The minimum absolute atomic E-state index is 0.195. The van der Waals surface area contributed by atoms with Gasteiger partial charge in [0, 0.05) is 13.2 Å². The second-order valence-corrected chi connectivity index (χ2v) is 3.99. The predicted molar refractivity (Wildman–Crippen MR) is 62.8 cm³/mol. The lowest BCUT2D eigenvalue weighted by Gasteiger charge is -2.12. The maximum Gasteiger partial charge on any atom is 0.416 e. The van der Waals surface area contributed by atoms with E-state index >= 15 is 0 Å². The number of nitrogens with zero attached hydrogens (tertiary/aromatic N) is 2. The van der Waals surface area contributed by atoms with Gasteiger partial charge >= 0.3 is 6.18 Å². The number of aromatic nitrogens is 2. The van der Waals surface area contributed by atoms with Crippen LogP contribution in [0, 0.1) is 12.7 Å². The summed E-state index contributed by atoms with van der Waals surface area (Å²) in [6, 6.07) is 2.27. The molecule has 1 heterocycles. The SMILES string of the molecule is CNc1nc(C)cn1-c1cc(C(F)(F)F)ccc1F. The van der Waals surface area contributed by atoms with Crippen LogP contribution < -0.4 is 5.32 Å². The van der Waals surface area contributed by atoms with Crippen LogP contribution in [0.5, 0.6) is 0 Å². The molecule has 0 radical (unpaired) electrons. The predicted octanol–water partition coefficient (Wildman–Crippen LogP) is 3.38. The van der Waals surface area contributed by atoms with Crippen LogP contribution in [0.2, 0.25) is 0 Å². The van der Waals surface area contributed by atoms with Gasteiger partial charge in [0.2, 0.25) is 5.95 Å². The smallest absolute Gasteiger partial charge is 0.358 e. The number of hydrogen-bond donors (Lipinski definition) is 1. The standard InChI is InChI=1S/C12H11F4N3/c1-7-6-19(11(17-2)18-7)10-5-8(12(14,15)16)3-4-9(10)13/h3-6H,1-2H3,(H,17,18). The molecule has 0 spiro atoms. The molecule has 2 aromatic rings. The summed E-state index contributed by atoms with van der Waals surface area (Å²) >= 11 is 0. The van der Waals surface area contributed by atoms with Crippen LogP contribution in [0.4, 0.5) is 23.5 Å². The fraction of sp³-hybridized carbons (Fsp3) is 0.250. The van der Waals surface area contributed by atoms with Gasteiger partial charge in [0.05, 0.1) is 16.9 Å². The topological polar surface area (TPSA) is 29.9 Å². The highest BCUT2D eigenvalue weighted by molar-refractivity contribution is 5.46. The molecule has 0 fully saturated rings. The maximum atomic E-state index is 13.7. The van der Waals surface area contributed by atoms with Crippen LogP contribution in [0.1, 0.15) is 11.3 Å². The number of imidazole rings is 1. The second kappa shape index (κ2) is 4.56. The highest BCUT2D eigenvalue weighted by Crippen LogP contribution is 2.32. The molecule has 0 amide bonds. The third-order valence-corrected chi connectivity index (χ3v) is 2.58. The van der Waals surface area contributed by atoms with E-state index in [1.54, 1.807) is 14.0 Å². The molecule has 1 aromatic heterocycles. The van der Waals surface area contributed by atoms with E-state index in [1.807, 2.05) is 0 Å². The molecule has 1 N–H and O–H groups in total. The second-order valence-electron chi connectivity index (χ2n) is 3.99. The summed E-state index contributed by atoms with van der Waals surface area (Å²) in [6.07, 6.45) is -3.05. The molecule has 2 rings (SSSR count). The normalized spacial score (nSPS) is 11.7. The van der Waals surface area contributed by atoms with Crippen molar-refractivity contribution in [1.82, 2.24) is 9.55 Å². The third kappa shape index (κ3) is 2.54. The van der Waals surface area contributed by atoms with Crippen molar-refractivity contribution >= 4 is 5.95 Å². The zero-order valence-electron chi connectivity index (χ0n) is 10.2. The Morgan fingerprint density at radius 2 is 1.95 bits per heavy atom. The lowest BCUT2D eigenvalue weighted by atomic mass is 10.2. The highest BCUT2D eigenvalue weighted by Gasteiger charge is 2.31. The third-order valence-electron chi connectivity index (χ3n) is 2.58. The van der Waals surface area contributed by atoms with Gasteiger partial charge in [0.1, 0.15) is 5.82 Å². The number of anilines is 1. The minimum atomic E-state index is -4.52. The number of nitrogens with one attached hydrogen (secondary N) is 1. The molecular formula is C12H11F4N3. The van der Waals surface area contributed by atoms with Gasteiger partial charge in [-0.2, -0.15) is 13.2 Å². The van der Waals surface area contributed by atoms with E-state index in [4.69, 9.17) is 0 Å². The number of alkyl halides is 3. The quantitative estimate of drug-likeness (QED) is 0.850. The van der Waals surface area contributed by atoms with Crippen molar-refractivity contribution in [2.75, 3.05) is 12.4 Å². The zero-order valence-corrected chi connectivity index (χ0v) is 10.2. The number of aryl methyl sites for hydroxylation is 1. The molecule has 1 aromatic carbocycles. The van der Waals surface area contributed by atoms with Crippen molar-refractivity contribution in [3.05, 3.63) is 41.5 Å². The van der Waals surface area contributed by atoms with E-state index in [1.165, 1.54) is 10.8 Å². The van der Waals surface area contributed by atoms with Gasteiger partial charge in [-0.05, 0) is 25.1 Å². The molecule has 0 aliphatic carbocycles. The molecule has 0 aliphatic heterocycles. The first-order valence-electron chi connectivity index (χ1n) is 5.44. The van der Waals surface area contributed by atoms with Gasteiger partial charge < -0.3 is 5.32 Å². The molecule has 0 atom stereocenters. The molecule has 0 saturated carbocycles. The van der Waals surface area contributed by atoms with E-state index in [0.29, 0.717) is 11.8 Å². The first-order chi connectivity index (χ1) is 8.82. The fourth-order valence-electron chi connectivity index (χ4n) is 1.73. The minimum Gasteiger partial charge on any atom is -0.358 e. The van der Waals surface area contributed by atoms with Crippen molar-refractivity contribution in [3.8, 4) is 5.69 Å².